The Morgan fingerprint density at radius 3 is 2.41 bits per heavy atom. The number of urea groups is 1. The van der Waals surface area contributed by atoms with Gasteiger partial charge in [0.05, 0.1) is 11.4 Å². The van der Waals surface area contributed by atoms with Crippen molar-refractivity contribution in [1.29, 1.82) is 0 Å². The monoisotopic (exact) mass is 435 g/mol. The van der Waals surface area contributed by atoms with Gasteiger partial charge in [-0.1, -0.05) is 29.8 Å². The number of carbonyl (C=O) groups excluding carboxylic acids is 3. The lowest BCUT2D eigenvalue weighted by molar-refractivity contribution is -0.133. The summed E-state index contributed by atoms with van der Waals surface area (Å²) in [5.41, 5.74) is 1.59. The molecule has 2 N–H and O–H groups in total. The van der Waals surface area contributed by atoms with Gasteiger partial charge in [0.25, 0.3) is 5.91 Å². The van der Waals surface area contributed by atoms with Gasteiger partial charge in [-0.25, -0.2) is 13.9 Å². The molecular formula is C23H22FN5O3. The van der Waals surface area contributed by atoms with Crippen molar-refractivity contribution in [3.05, 3.63) is 77.2 Å². The summed E-state index contributed by atoms with van der Waals surface area (Å²) in [4.78, 5) is 39.2. The number of anilines is 1. The molecule has 3 aromatic rings. The van der Waals surface area contributed by atoms with Crippen molar-refractivity contribution in [2.45, 2.75) is 26.3 Å². The van der Waals surface area contributed by atoms with Crippen molar-refractivity contribution in [2.75, 3.05) is 11.9 Å². The molecule has 0 bridgehead atoms. The van der Waals surface area contributed by atoms with Crippen LogP contribution < -0.4 is 10.6 Å². The Kier molecular flexibility index (Phi) is 5.25. The predicted molar refractivity (Wildman–Crippen MR) is 116 cm³/mol. The summed E-state index contributed by atoms with van der Waals surface area (Å²) in [6, 6.07) is 13.9. The molecule has 1 saturated heterocycles. The fourth-order valence-electron chi connectivity index (χ4n) is 3.62. The van der Waals surface area contributed by atoms with E-state index >= 15 is 0 Å². The highest BCUT2D eigenvalue weighted by Crippen LogP contribution is 2.29. The first-order valence-corrected chi connectivity index (χ1v) is 10.0. The summed E-state index contributed by atoms with van der Waals surface area (Å²) in [5.74, 6) is -1.12. The number of hydrogen-bond acceptors (Lipinski definition) is 4. The van der Waals surface area contributed by atoms with Gasteiger partial charge in [0, 0.05) is 6.07 Å². The second kappa shape index (κ2) is 7.92. The highest BCUT2D eigenvalue weighted by molar-refractivity contribution is 6.10. The first kappa shape index (κ1) is 21.2. The number of imide groups is 1. The number of amides is 4. The van der Waals surface area contributed by atoms with Crippen LogP contribution >= 0.6 is 0 Å². The standard InChI is InChI=1S/C23H22FN5O3/c1-14-4-6-16(7-5-14)23(3)21(31)28(22(32)26-23)13-20(30)25-19-12-15(2)27-29(19)18-10-8-17(24)9-11-18/h4-12H,13H2,1-3H3,(H,25,30)(H,26,32). The van der Waals surface area contributed by atoms with Gasteiger partial charge in [-0.2, -0.15) is 5.10 Å². The van der Waals surface area contributed by atoms with Gasteiger partial charge < -0.3 is 10.6 Å². The minimum atomic E-state index is -1.25. The van der Waals surface area contributed by atoms with Crippen LogP contribution in [0.1, 0.15) is 23.7 Å². The first-order chi connectivity index (χ1) is 15.2. The summed E-state index contributed by atoms with van der Waals surface area (Å²) in [5, 5.41) is 9.68. The van der Waals surface area contributed by atoms with Gasteiger partial charge in [-0.15, -0.1) is 0 Å². The van der Waals surface area contributed by atoms with E-state index in [1.165, 1.54) is 28.9 Å². The molecular weight excluding hydrogens is 413 g/mol. The fraction of sp³-hybridized carbons (Fsp3) is 0.217. The van der Waals surface area contributed by atoms with Crippen LogP contribution in [0.25, 0.3) is 5.69 Å². The minimum absolute atomic E-state index is 0.340. The maximum atomic E-state index is 13.2. The normalized spacial score (nSPS) is 18.1. The molecule has 1 aromatic heterocycles. The van der Waals surface area contributed by atoms with Gasteiger partial charge in [0.1, 0.15) is 23.7 Å². The van der Waals surface area contributed by atoms with Crippen molar-refractivity contribution in [3.8, 4) is 5.69 Å². The quantitative estimate of drug-likeness (QED) is 0.602. The molecule has 4 amide bonds. The topological polar surface area (TPSA) is 96.3 Å². The summed E-state index contributed by atoms with van der Waals surface area (Å²) in [6.45, 7) is 4.83. The van der Waals surface area contributed by atoms with Crippen LogP contribution in [0.3, 0.4) is 0 Å². The van der Waals surface area contributed by atoms with Gasteiger partial charge in [-0.05, 0) is 50.6 Å². The highest BCUT2D eigenvalue weighted by Gasteiger charge is 2.49. The van der Waals surface area contributed by atoms with Gasteiger partial charge in [0.2, 0.25) is 5.91 Å². The average Bonchev–Trinajstić information content (AvgIpc) is 3.21. The van der Waals surface area contributed by atoms with Crippen molar-refractivity contribution >= 4 is 23.7 Å². The zero-order valence-electron chi connectivity index (χ0n) is 17.8. The Morgan fingerprint density at radius 1 is 1.09 bits per heavy atom. The number of hydrogen-bond donors (Lipinski definition) is 2. The summed E-state index contributed by atoms with van der Waals surface area (Å²) < 4.78 is 14.7. The Balaban J connectivity index is 1.51. The SMILES string of the molecule is Cc1ccc(C2(C)NC(=O)N(CC(=O)Nc3cc(C)nn3-c3ccc(F)cc3)C2=O)cc1. The van der Waals surface area contributed by atoms with Crippen LogP contribution in [0, 0.1) is 19.7 Å². The fourth-order valence-corrected chi connectivity index (χ4v) is 3.62. The van der Waals surface area contributed by atoms with Crippen LogP contribution in [0.5, 0.6) is 0 Å². The average molecular weight is 435 g/mol. The van der Waals surface area contributed by atoms with Gasteiger partial charge in [-0.3, -0.25) is 14.5 Å². The number of aryl methyl sites for hydroxylation is 2. The second-order valence-electron chi connectivity index (χ2n) is 7.92. The zero-order chi connectivity index (χ0) is 23.0. The summed E-state index contributed by atoms with van der Waals surface area (Å²) >= 11 is 0. The third kappa shape index (κ3) is 3.84. The molecule has 1 unspecified atom stereocenters. The van der Waals surface area contributed by atoms with Crippen LogP contribution in [0.15, 0.2) is 54.6 Å². The van der Waals surface area contributed by atoms with Crippen molar-refractivity contribution in [2.24, 2.45) is 0 Å². The van der Waals surface area contributed by atoms with Crippen molar-refractivity contribution in [1.82, 2.24) is 20.0 Å². The smallest absolute Gasteiger partial charge is 0.319 e. The van der Waals surface area contributed by atoms with Crippen LogP contribution in [-0.4, -0.2) is 39.1 Å². The third-order valence-electron chi connectivity index (χ3n) is 5.38. The molecule has 2 heterocycles. The van der Waals surface area contributed by atoms with E-state index in [-0.39, 0.29) is 0 Å². The number of nitrogens with zero attached hydrogens (tertiary/aromatic N) is 3. The second-order valence-corrected chi connectivity index (χ2v) is 7.92. The molecule has 8 nitrogen and oxygen atoms in total. The molecule has 2 aromatic carbocycles. The van der Waals surface area contributed by atoms with E-state index in [1.807, 2.05) is 19.1 Å². The molecule has 1 atom stereocenters. The largest absolute Gasteiger partial charge is 0.325 e. The van der Waals surface area contributed by atoms with E-state index in [1.54, 1.807) is 32.0 Å². The molecule has 1 fully saturated rings. The molecule has 0 radical (unpaired) electrons. The summed E-state index contributed by atoms with van der Waals surface area (Å²) in [7, 11) is 0. The molecule has 32 heavy (non-hydrogen) atoms. The Bertz CT molecular complexity index is 1200. The molecule has 4 rings (SSSR count). The maximum Gasteiger partial charge on any atom is 0.325 e. The first-order valence-electron chi connectivity index (χ1n) is 10.0. The number of rotatable bonds is 5. The van der Waals surface area contributed by atoms with E-state index in [9.17, 15) is 18.8 Å². The molecule has 1 aliphatic rings. The van der Waals surface area contributed by atoms with Gasteiger partial charge >= 0.3 is 6.03 Å². The molecule has 0 spiro atoms. The number of carbonyl (C=O) groups is 3. The van der Waals surface area contributed by atoms with E-state index in [4.69, 9.17) is 0 Å². The molecule has 1 aliphatic heterocycles. The lowest BCUT2D eigenvalue weighted by Crippen LogP contribution is -2.42. The predicted octanol–water partition coefficient (Wildman–Crippen LogP) is 3.03. The van der Waals surface area contributed by atoms with Crippen LogP contribution in [0.2, 0.25) is 0 Å². The van der Waals surface area contributed by atoms with Crippen molar-refractivity contribution < 1.29 is 18.8 Å². The maximum absolute atomic E-state index is 13.2. The van der Waals surface area contributed by atoms with Crippen molar-refractivity contribution in [3.63, 3.8) is 0 Å². The van der Waals surface area contributed by atoms with E-state index in [2.05, 4.69) is 15.7 Å². The van der Waals surface area contributed by atoms with Gasteiger partial charge in [0.15, 0.2) is 0 Å². The number of benzene rings is 2. The number of aromatic nitrogens is 2. The van der Waals surface area contributed by atoms with E-state index in [0.717, 1.165) is 10.5 Å². The molecule has 164 valence electrons. The van der Waals surface area contributed by atoms with E-state index < -0.39 is 35.7 Å². The van der Waals surface area contributed by atoms with Crippen LogP contribution in [0.4, 0.5) is 15.0 Å². The minimum Gasteiger partial charge on any atom is -0.319 e. The third-order valence-corrected chi connectivity index (χ3v) is 5.38. The Labute approximate surface area is 184 Å². The Hall–Kier alpha value is -4.01. The number of halogens is 1. The Morgan fingerprint density at radius 2 is 1.75 bits per heavy atom. The zero-order valence-corrected chi connectivity index (χ0v) is 17.8. The van der Waals surface area contributed by atoms with Crippen LogP contribution in [-0.2, 0) is 15.1 Å². The molecule has 9 heteroatoms. The van der Waals surface area contributed by atoms with E-state index in [0.29, 0.717) is 22.8 Å². The molecule has 0 aliphatic carbocycles. The lowest BCUT2D eigenvalue weighted by Gasteiger charge is -2.22. The number of nitrogens with one attached hydrogen (secondary N) is 2. The highest BCUT2D eigenvalue weighted by atomic mass is 19.1. The summed E-state index contributed by atoms with van der Waals surface area (Å²) in [6.07, 6.45) is 0. The molecule has 0 saturated carbocycles. The lowest BCUT2D eigenvalue weighted by atomic mass is 9.91.